The predicted molar refractivity (Wildman–Crippen MR) is 61.7 cm³/mol. The Bertz CT molecular complexity index is 253. The summed E-state index contributed by atoms with van der Waals surface area (Å²) in [6.07, 6.45) is 3.70. The Kier molecular flexibility index (Phi) is 4.76. The van der Waals surface area contributed by atoms with Crippen LogP contribution in [0.4, 0.5) is 0 Å². The van der Waals surface area contributed by atoms with Crippen LogP contribution in [0.3, 0.4) is 0 Å². The van der Waals surface area contributed by atoms with Crippen LogP contribution in [0.15, 0.2) is 0 Å². The standard InChI is InChI=1S/C12H21NO4/c14-12(15)10-3-1-5-13(9-10)6-2-4-11-16-7-8-17-11/h10-11H,1-9H2,(H,14,15). The number of carbonyl (C=O) groups is 1. The highest BCUT2D eigenvalue weighted by atomic mass is 16.7. The molecule has 2 heterocycles. The Balaban J connectivity index is 1.62. The van der Waals surface area contributed by atoms with Crippen molar-refractivity contribution in [1.29, 1.82) is 0 Å². The summed E-state index contributed by atoms with van der Waals surface area (Å²) in [6, 6.07) is 0. The van der Waals surface area contributed by atoms with Gasteiger partial charge in [0.25, 0.3) is 0 Å². The van der Waals surface area contributed by atoms with Crippen LogP contribution in [-0.4, -0.2) is 55.1 Å². The van der Waals surface area contributed by atoms with Crippen molar-refractivity contribution < 1.29 is 19.4 Å². The maximum Gasteiger partial charge on any atom is 0.307 e. The molecule has 5 heteroatoms. The third-order valence-corrected chi connectivity index (χ3v) is 3.46. The van der Waals surface area contributed by atoms with Crippen LogP contribution in [0.25, 0.3) is 0 Å². The minimum Gasteiger partial charge on any atom is -0.481 e. The molecular formula is C12H21NO4. The molecule has 2 aliphatic heterocycles. The zero-order valence-electron chi connectivity index (χ0n) is 10.1. The number of piperidine rings is 1. The van der Waals surface area contributed by atoms with Gasteiger partial charge in [-0.2, -0.15) is 0 Å². The fourth-order valence-corrected chi connectivity index (χ4v) is 2.52. The molecule has 1 N–H and O–H groups in total. The molecule has 0 aromatic heterocycles. The summed E-state index contributed by atoms with van der Waals surface area (Å²) in [6.45, 7) is 4.08. The van der Waals surface area contributed by atoms with Gasteiger partial charge in [-0.25, -0.2) is 0 Å². The van der Waals surface area contributed by atoms with E-state index in [0.717, 1.165) is 38.8 Å². The van der Waals surface area contributed by atoms with Crippen molar-refractivity contribution >= 4 is 5.97 Å². The zero-order valence-corrected chi connectivity index (χ0v) is 10.1. The zero-order chi connectivity index (χ0) is 12.1. The minimum atomic E-state index is -0.655. The second-order valence-electron chi connectivity index (χ2n) is 4.79. The SMILES string of the molecule is O=C(O)C1CCCN(CCCC2OCCO2)C1. The van der Waals surface area contributed by atoms with Crippen molar-refractivity contribution in [3.8, 4) is 0 Å². The molecule has 2 fully saturated rings. The number of nitrogens with zero attached hydrogens (tertiary/aromatic N) is 1. The highest BCUT2D eigenvalue weighted by Crippen LogP contribution is 2.18. The summed E-state index contributed by atoms with van der Waals surface area (Å²) in [4.78, 5) is 13.2. The highest BCUT2D eigenvalue weighted by Gasteiger charge is 2.25. The van der Waals surface area contributed by atoms with Crippen LogP contribution in [0.2, 0.25) is 0 Å². The quantitative estimate of drug-likeness (QED) is 0.778. The number of carboxylic acid groups (broad SMARTS) is 1. The summed E-state index contributed by atoms with van der Waals surface area (Å²) < 4.78 is 10.7. The first-order valence-electron chi connectivity index (χ1n) is 6.44. The van der Waals surface area contributed by atoms with E-state index < -0.39 is 5.97 Å². The maximum absolute atomic E-state index is 10.9. The fourth-order valence-electron chi connectivity index (χ4n) is 2.52. The molecule has 0 saturated carbocycles. The second kappa shape index (κ2) is 6.33. The molecule has 0 aromatic rings. The molecule has 0 amide bonds. The fraction of sp³-hybridized carbons (Fsp3) is 0.917. The van der Waals surface area contributed by atoms with Gasteiger partial charge in [0, 0.05) is 6.54 Å². The number of aliphatic carboxylic acids is 1. The molecule has 98 valence electrons. The van der Waals surface area contributed by atoms with Crippen LogP contribution in [0.5, 0.6) is 0 Å². The first-order chi connectivity index (χ1) is 8.25. The number of carboxylic acids is 1. The number of ether oxygens (including phenoxy) is 2. The predicted octanol–water partition coefficient (Wildman–Crippen LogP) is 0.936. The van der Waals surface area contributed by atoms with Gasteiger partial charge in [0.15, 0.2) is 6.29 Å². The average Bonchev–Trinajstić information content (AvgIpc) is 2.82. The first kappa shape index (κ1) is 12.8. The van der Waals surface area contributed by atoms with E-state index in [4.69, 9.17) is 14.6 Å². The van der Waals surface area contributed by atoms with E-state index in [0.29, 0.717) is 19.8 Å². The Morgan fingerprint density at radius 2 is 2.12 bits per heavy atom. The summed E-state index contributed by atoms with van der Waals surface area (Å²) in [5.41, 5.74) is 0. The molecule has 2 rings (SSSR count). The van der Waals surface area contributed by atoms with E-state index in [-0.39, 0.29) is 12.2 Å². The van der Waals surface area contributed by atoms with Crippen LogP contribution in [0.1, 0.15) is 25.7 Å². The first-order valence-corrected chi connectivity index (χ1v) is 6.44. The molecule has 1 unspecified atom stereocenters. The molecule has 0 spiro atoms. The maximum atomic E-state index is 10.9. The van der Waals surface area contributed by atoms with Crippen molar-refractivity contribution in [2.45, 2.75) is 32.0 Å². The molecular weight excluding hydrogens is 222 g/mol. The molecule has 2 aliphatic rings. The third-order valence-electron chi connectivity index (χ3n) is 3.46. The van der Waals surface area contributed by atoms with Crippen LogP contribution >= 0.6 is 0 Å². The van der Waals surface area contributed by atoms with Gasteiger partial charge in [0.2, 0.25) is 0 Å². The van der Waals surface area contributed by atoms with E-state index in [9.17, 15) is 4.79 Å². The lowest BCUT2D eigenvalue weighted by Crippen LogP contribution is -2.39. The molecule has 0 bridgehead atoms. The smallest absolute Gasteiger partial charge is 0.307 e. The average molecular weight is 243 g/mol. The number of rotatable bonds is 5. The minimum absolute atomic E-state index is 0.0324. The van der Waals surface area contributed by atoms with Crippen LogP contribution in [0, 0.1) is 5.92 Å². The molecule has 0 aromatic carbocycles. The van der Waals surface area contributed by atoms with E-state index in [2.05, 4.69) is 4.90 Å². The van der Waals surface area contributed by atoms with Gasteiger partial charge in [0.05, 0.1) is 19.1 Å². The van der Waals surface area contributed by atoms with Crippen molar-refractivity contribution in [1.82, 2.24) is 4.90 Å². The molecule has 1 atom stereocenters. The highest BCUT2D eigenvalue weighted by molar-refractivity contribution is 5.70. The normalized spacial score (nSPS) is 27.4. The number of hydrogen-bond acceptors (Lipinski definition) is 4. The molecule has 2 saturated heterocycles. The van der Waals surface area contributed by atoms with Gasteiger partial charge < -0.3 is 19.5 Å². The van der Waals surface area contributed by atoms with Crippen LogP contribution in [-0.2, 0) is 14.3 Å². The second-order valence-corrected chi connectivity index (χ2v) is 4.79. The molecule has 17 heavy (non-hydrogen) atoms. The number of likely N-dealkylation sites (tertiary alicyclic amines) is 1. The van der Waals surface area contributed by atoms with Gasteiger partial charge in [-0.1, -0.05) is 0 Å². The molecule has 0 aliphatic carbocycles. The molecule has 5 nitrogen and oxygen atoms in total. The summed E-state index contributed by atoms with van der Waals surface area (Å²) in [5.74, 6) is -0.833. The lowest BCUT2D eigenvalue weighted by atomic mass is 9.98. The van der Waals surface area contributed by atoms with E-state index in [1.165, 1.54) is 0 Å². The molecule has 0 radical (unpaired) electrons. The van der Waals surface area contributed by atoms with Gasteiger partial charge in [-0.15, -0.1) is 0 Å². The van der Waals surface area contributed by atoms with Crippen molar-refractivity contribution in [2.24, 2.45) is 5.92 Å². The van der Waals surface area contributed by atoms with Gasteiger partial charge in [-0.05, 0) is 38.8 Å². The largest absolute Gasteiger partial charge is 0.481 e. The lowest BCUT2D eigenvalue weighted by Gasteiger charge is -2.30. The summed E-state index contributed by atoms with van der Waals surface area (Å²) in [7, 11) is 0. The van der Waals surface area contributed by atoms with Gasteiger partial charge in [0.1, 0.15) is 0 Å². The van der Waals surface area contributed by atoms with E-state index in [1.807, 2.05) is 0 Å². The summed E-state index contributed by atoms with van der Waals surface area (Å²) >= 11 is 0. The third kappa shape index (κ3) is 3.94. The monoisotopic (exact) mass is 243 g/mol. The Hall–Kier alpha value is -0.650. The van der Waals surface area contributed by atoms with Gasteiger partial charge in [-0.3, -0.25) is 4.79 Å². The van der Waals surface area contributed by atoms with Gasteiger partial charge >= 0.3 is 5.97 Å². The topological polar surface area (TPSA) is 59.0 Å². The lowest BCUT2D eigenvalue weighted by molar-refractivity contribution is -0.143. The Morgan fingerprint density at radius 1 is 1.35 bits per heavy atom. The Labute approximate surface area is 102 Å². The van der Waals surface area contributed by atoms with Crippen molar-refractivity contribution in [2.75, 3.05) is 32.8 Å². The Morgan fingerprint density at radius 3 is 2.82 bits per heavy atom. The summed E-state index contributed by atoms with van der Waals surface area (Å²) in [5, 5.41) is 8.99. The van der Waals surface area contributed by atoms with E-state index >= 15 is 0 Å². The van der Waals surface area contributed by atoms with E-state index in [1.54, 1.807) is 0 Å². The van der Waals surface area contributed by atoms with Crippen molar-refractivity contribution in [3.05, 3.63) is 0 Å². The van der Waals surface area contributed by atoms with Crippen molar-refractivity contribution in [3.63, 3.8) is 0 Å². The number of hydrogen-bond donors (Lipinski definition) is 1. The van der Waals surface area contributed by atoms with Crippen LogP contribution < -0.4 is 0 Å².